The molecular formula is C14H19N3O. The van der Waals surface area contributed by atoms with E-state index in [0.717, 1.165) is 29.2 Å². The highest BCUT2D eigenvalue weighted by Gasteiger charge is 2.10. The van der Waals surface area contributed by atoms with Crippen molar-refractivity contribution in [1.82, 2.24) is 15.5 Å². The van der Waals surface area contributed by atoms with Gasteiger partial charge in [0.25, 0.3) is 0 Å². The van der Waals surface area contributed by atoms with Crippen LogP contribution in [0.25, 0.3) is 0 Å². The smallest absolute Gasteiger partial charge is 0.132 e. The van der Waals surface area contributed by atoms with E-state index in [1.54, 1.807) is 0 Å². The third-order valence-electron chi connectivity index (χ3n) is 2.97. The molecule has 0 amide bonds. The maximum Gasteiger partial charge on any atom is 0.132 e. The van der Waals surface area contributed by atoms with Crippen LogP contribution in [0.4, 0.5) is 0 Å². The first-order chi connectivity index (χ1) is 8.72. The highest BCUT2D eigenvalue weighted by Crippen LogP contribution is 2.19. The number of ether oxygens (including phenoxy) is 1. The Morgan fingerprint density at radius 2 is 2.06 bits per heavy atom. The SMILES string of the molecule is CNCc1c(COc2ccccc2C)n[nH]c1C. The Morgan fingerprint density at radius 1 is 1.28 bits per heavy atom. The van der Waals surface area contributed by atoms with Gasteiger partial charge in [-0.1, -0.05) is 18.2 Å². The van der Waals surface area contributed by atoms with E-state index in [4.69, 9.17) is 4.74 Å². The van der Waals surface area contributed by atoms with Gasteiger partial charge in [0.15, 0.2) is 0 Å². The molecule has 18 heavy (non-hydrogen) atoms. The molecule has 0 aliphatic rings. The molecule has 0 radical (unpaired) electrons. The second kappa shape index (κ2) is 5.69. The van der Waals surface area contributed by atoms with Gasteiger partial charge in [-0.05, 0) is 32.5 Å². The second-order valence-corrected chi connectivity index (χ2v) is 4.36. The molecule has 0 saturated carbocycles. The standard InChI is InChI=1S/C14H19N3O/c1-10-6-4-5-7-14(10)18-9-13-12(8-15-3)11(2)16-17-13/h4-7,15H,8-9H2,1-3H3,(H,16,17). The summed E-state index contributed by atoms with van der Waals surface area (Å²) < 4.78 is 5.81. The molecule has 0 saturated heterocycles. The van der Waals surface area contributed by atoms with Crippen molar-refractivity contribution in [3.8, 4) is 5.75 Å². The van der Waals surface area contributed by atoms with Crippen LogP contribution in [0.15, 0.2) is 24.3 Å². The van der Waals surface area contributed by atoms with E-state index < -0.39 is 0 Å². The summed E-state index contributed by atoms with van der Waals surface area (Å²) in [4.78, 5) is 0. The van der Waals surface area contributed by atoms with E-state index in [2.05, 4.69) is 15.5 Å². The highest BCUT2D eigenvalue weighted by atomic mass is 16.5. The molecule has 96 valence electrons. The van der Waals surface area contributed by atoms with Gasteiger partial charge in [0.2, 0.25) is 0 Å². The topological polar surface area (TPSA) is 49.9 Å². The zero-order chi connectivity index (χ0) is 13.0. The van der Waals surface area contributed by atoms with E-state index in [0.29, 0.717) is 6.61 Å². The molecular weight excluding hydrogens is 226 g/mol. The summed E-state index contributed by atoms with van der Waals surface area (Å²) in [5, 5.41) is 10.4. The van der Waals surface area contributed by atoms with Gasteiger partial charge in [0.1, 0.15) is 18.1 Å². The van der Waals surface area contributed by atoms with Crippen molar-refractivity contribution in [2.45, 2.75) is 27.0 Å². The van der Waals surface area contributed by atoms with Crippen molar-refractivity contribution < 1.29 is 4.74 Å². The number of nitrogens with zero attached hydrogens (tertiary/aromatic N) is 1. The number of nitrogens with one attached hydrogen (secondary N) is 2. The maximum atomic E-state index is 5.81. The maximum absolute atomic E-state index is 5.81. The Bertz CT molecular complexity index is 520. The van der Waals surface area contributed by atoms with Crippen molar-refractivity contribution in [1.29, 1.82) is 0 Å². The molecule has 0 unspecified atom stereocenters. The number of aromatic amines is 1. The van der Waals surface area contributed by atoms with Gasteiger partial charge in [0.05, 0.1) is 0 Å². The number of hydrogen-bond acceptors (Lipinski definition) is 3. The fraction of sp³-hybridized carbons (Fsp3) is 0.357. The second-order valence-electron chi connectivity index (χ2n) is 4.36. The Morgan fingerprint density at radius 3 is 2.78 bits per heavy atom. The number of para-hydroxylation sites is 1. The summed E-state index contributed by atoms with van der Waals surface area (Å²) in [6.07, 6.45) is 0. The molecule has 4 heteroatoms. The van der Waals surface area contributed by atoms with Crippen LogP contribution in [0.5, 0.6) is 5.75 Å². The fourth-order valence-corrected chi connectivity index (χ4v) is 1.90. The zero-order valence-corrected chi connectivity index (χ0v) is 11.1. The minimum atomic E-state index is 0.492. The van der Waals surface area contributed by atoms with Gasteiger partial charge in [-0.2, -0.15) is 5.10 Å². The molecule has 1 aromatic carbocycles. The summed E-state index contributed by atoms with van der Waals surface area (Å²) in [7, 11) is 1.93. The van der Waals surface area contributed by atoms with Crippen molar-refractivity contribution in [3.63, 3.8) is 0 Å². The number of H-pyrrole nitrogens is 1. The average molecular weight is 245 g/mol. The van der Waals surface area contributed by atoms with Gasteiger partial charge in [0, 0.05) is 17.8 Å². The first-order valence-electron chi connectivity index (χ1n) is 6.08. The number of benzene rings is 1. The van der Waals surface area contributed by atoms with E-state index in [-0.39, 0.29) is 0 Å². The lowest BCUT2D eigenvalue weighted by atomic mass is 10.2. The first kappa shape index (κ1) is 12.6. The van der Waals surface area contributed by atoms with Crippen molar-refractivity contribution in [2.75, 3.05) is 7.05 Å². The first-order valence-corrected chi connectivity index (χ1v) is 6.08. The number of hydrogen-bond donors (Lipinski definition) is 2. The Hall–Kier alpha value is -1.81. The van der Waals surface area contributed by atoms with Gasteiger partial charge < -0.3 is 10.1 Å². The Labute approximate surface area is 107 Å². The van der Waals surface area contributed by atoms with Crippen molar-refractivity contribution in [2.24, 2.45) is 0 Å². The van der Waals surface area contributed by atoms with Crippen LogP contribution in [0, 0.1) is 13.8 Å². The summed E-state index contributed by atoms with van der Waals surface area (Å²) in [5.41, 5.74) is 4.38. The van der Waals surface area contributed by atoms with Gasteiger partial charge in [-0.3, -0.25) is 5.10 Å². The van der Waals surface area contributed by atoms with E-state index in [1.165, 1.54) is 5.56 Å². The molecule has 0 atom stereocenters. The van der Waals surface area contributed by atoms with Crippen LogP contribution in [-0.2, 0) is 13.2 Å². The zero-order valence-electron chi connectivity index (χ0n) is 11.1. The van der Waals surface area contributed by atoms with Crippen LogP contribution in [0.1, 0.15) is 22.5 Å². The molecule has 0 aliphatic heterocycles. The molecule has 2 aromatic rings. The molecule has 2 N–H and O–H groups in total. The monoisotopic (exact) mass is 245 g/mol. The molecule has 0 fully saturated rings. The number of rotatable bonds is 5. The third kappa shape index (κ3) is 2.71. The predicted molar refractivity (Wildman–Crippen MR) is 71.6 cm³/mol. The van der Waals surface area contributed by atoms with Crippen LogP contribution in [0.2, 0.25) is 0 Å². The Balaban J connectivity index is 2.09. The summed E-state index contributed by atoms with van der Waals surface area (Å²) >= 11 is 0. The molecule has 4 nitrogen and oxygen atoms in total. The lowest BCUT2D eigenvalue weighted by molar-refractivity contribution is 0.297. The molecule has 0 spiro atoms. The molecule has 2 rings (SSSR count). The van der Waals surface area contributed by atoms with E-state index in [1.807, 2.05) is 45.2 Å². The number of aryl methyl sites for hydroxylation is 2. The van der Waals surface area contributed by atoms with Gasteiger partial charge in [-0.25, -0.2) is 0 Å². The quantitative estimate of drug-likeness (QED) is 0.850. The summed E-state index contributed by atoms with van der Waals surface area (Å²) in [5.74, 6) is 0.911. The lowest BCUT2D eigenvalue weighted by Crippen LogP contribution is -2.09. The average Bonchev–Trinajstić information content (AvgIpc) is 2.71. The minimum absolute atomic E-state index is 0.492. The number of aromatic nitrogens is 2. The van der Waals surface area contributed by atoms with E-state index in [9.17, 15) is 0 Å². The van der Waals surface area contributed by atoms with Crippen LogP contribution in [0.3, 0.4) is 0 Å². The summed E-state index contributed by atoms with van der Waals surface area (Å²) in [6, 6.07) is 8.01. The van der Waals surface area contributed by atoms with Crippen LogP contribution >= 0.6 is 0 Å². The van der Waals surface area contributed by atoms with Crippen LogP contribution < -0.4 is 10.1 Å². The minimum Gasteiger partial charge on any atom is -0.487 e. The molecule has 1 aromatic heterocycles. The highest BCUT2D eigenvalue weighted by molar-refractivity contribution is 5.32. The molecule has 0 aliphatic carbocycles. The Kier molecular flexibility index (Phi) is 3.99. The molecule has 0 bridgehead atoms. The normalized spacial score (nSPS) is 10.6. The van der Waals surface area contributed by atoms with Crippen molar-refractivity contribution >= 4 is 0 Å². The van der Waals surface area contributed by atoms with Crippen molar-refractivity contribution in [3.05, 3.63) is 46.8 Å². The third-order valence-corrected chi connectivity index (χ3v) is 2.97. The van der Waals surface area contributed by atoms with Crippen LogP contribution in [-0.4, -0.2) is 17.2 Å². The molecule has 1 heterocycles. The summed E-state index contributed by atoms with van der Waals surface area (Å²) in [6.45, 7) is 5.36. The van der Waals surface area contributed by atoms with E-state index >= 15 is 0 Å². The largest absolute Gasteiger partial charge is 0.487 e. The van der Waals surface area contributed by atoms with Gasteiger partial charge in [-0.15, -0.1) is 0 Å². The predicted octanol–water partition coefficient (Wildman–Crippen LogP) is 2.32. The van der Waals surface area contributed by atoms with Gasteiger partial charge >= 0.3 is 0 Å². The fourth-order valence-electron chi connectivity index (χ4n) is 1.90. The lowest BCUT2D eigenvalue weighted by Gasteiger charge is -2.08.